The second-order valence-electron chi connectivity index (χ2n) is 8.90. The Morgan fingerprint density at radius 1 is 1.10 bits per heavy atom. The number of ether oxygens (including phenoxy) is 2. The topological polar surface area (TPSA) is 102 Å². The quantitative estimate of drug-likeness (QED) is 0.104. The number of nitrogens with zero attached hydrogens (tertiary/aromatic N) is 3. The van der Waals surface area contributed by atoms with E-state index in [0.717, 1.165) is 12.0 Å². The zero-order valence-corrected chi connectivity index (χ0v) is 24.7. The van der Waals surface area contributed by atoms with E-state index in [2.05, 4.69) is 10.2 Å². The van der Waals surface area contributed by atoms with Gasteiger partial charge in [0, 0.05) is 5.75 Å². The van der Waals surface area contributed by atoms with Crippen molar-refractivity contribution < 1.29 is 28.6 Å². The second-order valence-corrected chi connectivity index (χ2v) is 12.0. The Kier molecular flexibility index (Phi) is 9.01. The number of amides is 1. The normalized spacial score (nSPS) is 15.0. The smallest absolute Gasteiger partial charge is 0.296 e. The van der Waals surface area contributed by atoms with Gasteiger partial charge in [0.05, 0.1) is 29.7 Å². The van der Waals surface area contributed by atoms with Crippen molar-refractivity contribution >= 4 is 51.3 Å². The summed E-state index contributed by atoms with van der Waals surface area (Å²) in [6, 6.07) is 13.8. The van der Waals surface area contributed by atoms with Gasteiger partial charge in [-0.15, -0.1) is 21.5 Å². The summed E-state index contributed by atoms with van der Waals surface area (Å²) in [5.41, 5.74) is 1.41. The molecule has 2 aromatic heterocycles. The van der Waals surface area contributed by atoms with Crippen molar-refractivity contribution in [3.05, 3.63) is 93.1 Å². The first kappa shape index (κ1) is 28.8. The highest BCUT2D eigenvalue weighted by molar-refractivity contribution is 8.00. The van der Waals surface area contributed by atoms with E-state index >= 15 is 0 Å². The second kappa shape index (κ2) is 12.8. The molecule has 1 N–H and O–H groups in total. The van der Waals surface area contributed by atoms with E-state index in [-0.39, 0.29) is 16.5 Å². The van der Waals surface area contributed by atoms with Gasteiger partial charge in [0.15, 0.2) is 21.6 Å². The number of Topliss-reactive ketones (excluding diaryl/α,β-unsaturated/α-hetero) is 1. The molecular formula is C29H26FN3O5S3. The molecule has 0 saturated carbocycles. The van der Waals surface area contributed by atoms with E-state index in [9.17, 15) is 19.1 Å². The summed E-state index contributed by atoms with van der Waals surface area (Å²) in [5, 5.41) is 21.5. The number of anilines is 1. The van der Waals surface area contributed by atoms with Gasteiger partial charge in [-0.2, -0.15) is 0 Å². The van der Waals surface area contributed by atoms with Gasteiger partial charge in [-0.3, -0.25) is 14.5 Å². The number of carbonyl (C=O) groups is 2. The van der Waals surface area contributed by atoms with E-state index in [4.69, 9.17) is 9.47 Å². The third-order valence-corrected chi connectivity index (χ3v) is 9.12. The summed E-state index contributed by atoms with van der Waals surface area (Å²) in [4.78, 5) is 28.8. The minimum Gasteiger partial charge on any atom is -0.503 e. The number of aliphatic hydroxyl groups is 1. The fourth-order valence-electron chi connectivity index (χ4n) is 4.27. The maximum absolute atomic E-state index is 13.6. The molecule has 1 aliphatic heterocycles. The number of rotatable bonds is 12. The maximum atomic E-state index is 13.6. The number of thiophene rings is 1. The van der Waals surface area contributed by atoms with Crippen LogP contribution in [0.2, 0.25) is 0 Å². The highest BCUT2D eigenvalue weighted by Gasteiger charge is 2.46. The molecule has 41 heavy (non-hydrogen) atoms. The van der Waals surface area contributed by atoms with Crippen molar-refractivity contribution in [1.82, 2.24) is 10.2 Å². The number of ketones is 1. The van der Waals surface area contributed by atoms with Crippen LogP contribution in [0.15, 0.2) is 75.6 Å². The number of carbonyl (C=O) groups excluding carboxylic acids is 2. The molecule has 0 fully saturated rings. The van der Waals surface area contributed by atoms with E-state index in [1.54, 1.807) is 47.8 Å². The Morgan fingerprint density at radius 3 is 2.61 bits per heavy atom. The first-order chi connectivity index (χ1) is 19.9. The van der Waals surface area contributed by atoms with Gasteiger partial charge in [0.25, 0.3) is 5.91 Å². The highest BCUT2D eigenvalue weighted by Crippen LogP contribution is 2.45. The van der Waals surface area contributed by atoms with Crippen molar-refractivity contribution in [2.24, 2.45) is 0 Å². The largest absolute Gasteiger partial charge is 0.503 e. The molecule has 212 valence electrons. The fourth-order valence-corrected chi connectivity index (χ4v) is 6.77. The van der Waals surface area contributed by atoms with Crippen LogP contribution in [-0.4, -0.2) is 40.2 Å². The number of benzene rings is 2. The standard InChI is InChI=1S/C29H26FN3O5S3/c1-3-13-38-20-12-9-18(15-21(20)37-4-2)24-23(25(34)22-6-5-14-39-22)26(35)27(36)33(24)28-31-32-29(41-28)40-16-17-7-10-19(30)11-8-17/h5-12,14-15,24,35H,3-4,13,16H2,1-2H3. The SMILES string of the molecule is CCCOc1ccc(C2C(C(=O)c3cccs3)=C(O)C(=O)N2c2nnc(SCc3ccc(F)cc3)s2)cc1OCC. The van der Waals surface area contributed by atoms with Crippen molar-refractivity contribution in [3.63, 3.8) is 0 Å². The third kappa shape index (κ3) is 6.14. The summed E-state index contributed by atoms with van der Waals surface area (Å²) in [5.74, 6) is -0.601. The Hall–Kier alpha value is -3.74. The van der Waals surface area contributed by atoms with Crippen LogP contribution in [0.5, 0.6) is 11.5 Å². The van der Waals surface area contributed by atoms with E-state index in [1.807, 2.05) is 13.8 Å². The lowest BCUT2D eigenvalue weighted by atomic mass is 9.95. The van der Waals surface area contributed by atoms with Crippen LogP contribution in [0.1, 0.15) is 47.1 Å². The van der Waals surface area contributed by atoms with Crippen molar-refractivity contribution in [3.8, 4) is 11.5 Å². The predicted molar refractivity (Wildman–Crippen MR) is 158 cm³/mol. The lowest BCUT2D eigenvalue weighted by molar-refractivity contribution is -0.117. The van der Waals surface area contributed by atoms with Gasteiger partial charge in [0.2, 0.25) is 10.9 Å². The van der Waals surface area contributed by atoms with Crippen LogP contribution < -0.4 is 14.4 Å². The van der Waals surface area contributed by atoms with Crippen molar-refractivity contribution in [2.45, 2.75) is 36.4 Å². The molecule has 5 rings (SSSR count). The maximum Gasteiger partial charge on any atom is 0.296 e. The Morgan fingerprint density at radius 2 is 1.90 bits per heavy atom. The molecule has 1 unspecified atom stereocenters. The van der Waals surface area contributed by atoms with E-state index in [0.29, 0.717) is 45.2 Å². The number of hydrogen-bond donors (Lipinski definition) is 1. The summed E-state index contributed by atoms with van der Waals surface area (Å²) in [6.45, 7) is 4.73. The number of hydrogen-bond acceptors (Lipinski definition) is 10. The van der Waals surface area contributed by atoms with Crippen LogP contribution in [0, 0.1) is 5.82 Å². The molecule has 12 heteroatoms. The van der Waals surface area contributed by atoms with Gasteiger partial charge in [0.1, 0.15) is 5.82 Å². The molecule has 0 spiro atoms. The molecular weight excluding hydrogens is 586 g/mol. The van der Waals surface area contributed by atoms with Crippen LogP contribution >= 0.6 is 34.4 Å². The molecule has 0 bridgehead atoms. The summed E-state index contributed by atoms with van der Waals surface area (Å²) in [7, 11) is 0. The van der Waals surface area contributed by atoms with E-state index < -0.39 is 23.5 Å². The summed E-state index contributed by atoms with van der Waals surface area (Å²) < 4.78 is 25.5. The third-order valence-electron chi connectivity index (χ3n) is 6.12. The number of aromatic nitrogens is 2. The number of thioether (sulfide) groups is 1. The molecule has 0 saturated heterocycles. The highest BCUT2D eigenvalue weighted by atomic mass is 32.2. The van der Waals surface area contributed by atoms with Gasteiger partial charge >= 0.3 is 0 Å². The fraction of sp³-hybridized carbons (Fsp3) is 0.241. The summed E-state index contributed by atoms with van der Waals surface area (Å²) in [6.07, 6.45) is 0.812. The molecule has 3 heterocycles. The van der Waals surface area contributed by atoms with E-state index in [1.165, 1.54) is 51.5 Å². The summed E-state index contributed by atoms with van der Waals surface area (Å²) >= 11 is 3.78. The first-order valence-corrected chi connectivity index (χ1v) is 15.5. The van der Waals surface area contributed by atoms with Gasteiger partial charge < -0.3 is 14.6 Å². The van der Waals surface area contributed by atoms with Crippen LogP contribution in [0.3, 0.4) is 0 Å². The molecule has 0 radical (unpaired) electrons. The number of aliphatic hydroxyl groups excluding tert-OH is 1. The zero-order chi connectivity index (χ0) is 28.9. The molecule has 1 atom stereocenters. The lowest BCUT2D eigenvalue weighted by Gasteiger charge is -2.25. The minimum absolute atomic E-state index is 0.0437. The van der Waals surface area contributed by atoms with Gasteiger partial charge in [-0.25, -0.2) is 4.39 Å². The molecule has 2 aromatic carbocycles. The van der Waals surface area contributed by atoms with Gasteiger partial charge in [-0.05, 0) is 60.2 Å². The first-order valence-electron chi connectivity index (χ1n) is 12.9. The molecule has 0 aliphatic carbocycles. The number of halogens is 1. The monoisotopic (exact) mass is 611 g/mol. The zero-order valence-electron chi connectivity index (χ0n) is 22.2. The van der Waals surface area contributed by atoms with Crippen LogP contribution in [0.4, 0.5) is 9.52 Å². The van der Waals surface area contributed by atoms with Crippen LogP contribution in [-0.2, 0) is 10.5 Å². The molecule has 4 aromatic rings. The molecule has 1 aliphatic rings. The predicted octanol–water partition coefficient (Wildman–Crippen LogP) is 7.00. The van der Waals surface area contributed by atoms with Crippen molar-refractivity contribution in [1.29, 1.82) is 0 Å². The Bertz CT molecular complexity index is 1570. The Balaban J connectivity index is 1.52. The lowest BCUT2D eigenvalue weighted by Crippen LogP contribution is -2.31. The van der Waals surface area contributed by atoms with Gasteiger partial charge in [-0.1, -0.05) is 54.3 Å². The minimum atomic E-state index is -0.973. The molecule has 1 amide bonds. The van der Waals surface area contributed by atoms with Crippen LogP contribution in [0.25, 0.3) is 0 Å². The average molecular weight is 612 g/mol. The Labute approximate surface area is 248 Å². The van der Waals surface area contributed by atoms with Crippen molar-refractivity contribution in [2.75, 3.05) is 18.1 Å². The average Bonchev–Trinajstić information content (AvgIpc) is 3.73. The molecule has 8 nitrogen and oxygen atoms in total.